The molecule has 0 fully saturated rings. The predicted octanol–water partition coefficient (Wildman–Crippen LogP) is 6.68. The van der Waals surface area contributed by atoms with Crippen molar-refractivity contribution in [1.29, 1.82) is 0 Å². The van der Waals surface area contributed by atoms with E-state index in [0.29, 0.717) is 0 Å². The molecule has 0 aliphatic heterocycles. The summed E-state index contributed by atoms with van der Waals surface area (Å²) >= 11 is 1.82. The molecule has 0 aliphatic carbocycles. The Morgan fingerprint density at radius 2 is 1.61 bits per heavy atom. The number of allylic oxidation sites excluding steroid dienone is 1. The summed E-state index contributed by atoms with van der Waals surface area (Å²) in [6, 6.07) is 4.29. The molecule has 102 valence electrons. The summed E-state index contributed by atoms with van der Waals surface area (Å²) < 4.78 is 0. The predicted molar refractivity (Wildman–Crippen MR) is 85.2 cm³/mol. The lowest BCUT2D eigenvalue weighted by molar-refractivity contribution is 0.566. The minimum absolute atomic E-state index is 1.24. The zero-order valence-electron chi connectivity index (χ0n) is 11.9. The molecule has 0 radical (unpaired) electrons. The van der Waals surface area contributed by atoms with Crippen LogP contribution in [-0.4, -0.2) is 0 Å². The van der Waals surface area contributed by atoms with Gasteiger partial charge in [-0.2, -0.15) is 0 Å². The molecule has 1 heterocycles. The van der Waals surface area contributed by atoms with Gasteiger partial charge >= 0.3 is 0 Å². The number of hydrogen-bond donors (Lipinski definition) is 0. The fourth-order valence-electron chi connectivity index (χ4n) is 2.16. The van der Waals surface area contributed by atoms with Crippen LogP contribution in [0, 0.1) is 0 Å². The molecular formula is C17H28S. The normalized spacial score (nSPS) is 11.4. The Morgan fingerprint density at radius 1 is 0.944 bits per heavy atom. The molecule has 0 N–H and O–H groups in total. The molecule has 0 saturated heterocycles. The van der Waals surface area contributed by atoms with Crippen molar-refractivity contribution < 1.29 is 0 Å². The maximum atomic E-state index is 2.33. The van der Waals surface area contributed by atoms with E-state index in [1.54, 1.807) is 0 Å². The number of unbranched alkanes of at least 4 members (excludes halogenated alkanes) is 9. The first-order valence-corrected chi connectivity index (χ1v) is 8.51. The first-order valence-electron chi connectivity index (χ1n) is 7.63. The maximum absolute atomic E-state index is 2.33. The van der Waals surface area contributed by atoms with E-state index in [-0.39, 0.29) is 0 Å². The summed E-state index contributed by atoms with van der Waals surface area (Å²) in [5.41, 5.74) is 0. The first kappa shape index (κ1) is 15.5. The van der Waals surface area contributed by atoms with Gasteiger partial charge in [-0.15, -0.1) is 11.3 Å². The molecule has 1 aromatic rings. The summed E-state index contributed by atoms with van der Waals surface area (Å²) in [6.07, 6.45) is 18.6. The van der Waals surface area contributed by atoms with E-state index in [4.69, 9.17) is 0 Å². The molecule has 0 aromatic carbocycles. The van der Waals surface area contributed by atoms with Gasteiger partial charge in [0.2, 0.25) is 0 Å². The molecular weight excluding hydrogens is 236 g/mol. The van der Waals surface area contributed by atoms with Gasteiger partial charge in [-0.3, -0.25) is 0 Å². The van der Waals surface area contributed by atoms with Gasteiger partial charge in [-0.05, 0) is 30.4 Å². The van der Waals surface area contributed by atoms with Crippen molar-refractivity contribution >= 4 is 17.4 Å². The van der Waals surface area contributed by atoms with Crippen LogP contribution < -0.4 is 0 Å². The topological polar surface area (TPSA) is 0 Å². The van der Waals surface area contributed by atoms with Crippen molar-refractivity contribution in [2.75, 3.05) is 0 Å². The van der Waals surface area contributed by atoms with Crippen molar-refractivity contribution in [3.8, 4) is 0 Å². The van der Waals surface area contributed by atoms with E-state index in [0.717, 1.165) is 0 Å². The number of thiophene rings is 1. The second kappa shape index (κ2) is 11.5. The van der Waals surface area contributed by atoms with E-state index in [9.17, 15) is 0 Å². The van der Waals surface area contributed by atoms with E-state index in [1.165, 1.54) is 69.1 Å². The van der Waals surface area contributed by atoms with Gasteiger partial charge in [0.1, 0.15) is 0 Å². The van der Waals surface area contributed by atoms with E-state index in [2.05, 4.69) is 36.6 Å². The zero-order valence-corrected chi connectivity index (χ0v) is 12.7. The first-order chi connectivity index (χ1) is 8.93. The van der Waals surface area contributed by atoms with Gasteiger partial charge in [0, 0.05) is 4.88 Å². The fraction of sp³-hybridized carbons (Fsp3) is 0.647. The summed E-state index contributed by atoms with van der Waals surface area (Å²) in [4.78, 5) is 1.38. The summed E-state index contributed by atoms with van der Waals surface area (Å²) in [7, 11) is 0. The molecule has 0 spiro atoms. The van der Waals surface area contributed by atoms with Crippen LogP contribution in [0.3, 0.4) is 0 Å². The van der Waals surface area contributed by atoms with Crippen LogP contribution in [0.5, 0.6) is 0 Å². The Morgan fingerprint density at radius 3 is 2.22 bits per heavy atom. The average molecular weight is 264 g/mol. The van der Waals surface area contributed by atoms with Crippen LogP contribution in [0.15, 0.2) is 23.6 Å². The molecule has 18 heavy (non-hydrogen) atoms. The molecule has 1 rings (SSSR count). The van der Waals surface area contributed by atoms with Gasteiger partial charge in [0.15, 0.2) is 0 Å². The molecule has 0 bridgehead atoms. The van der Waals surface area contributed by atoms with Crippen LogP contribution in [0.2, 0.25) is 0 Å². The van der Waals surface area contributed by atoms with Crippen molar-refractivity contribution in [3.05, 3.63) is 28.5 Å². The fourth-order valence-corrected chi connectivity index (χ4v) is 2.80. The summed E-state index contributed by atoms with van der Waals surface area (Å²) in [5.74, 6) is 0. The average Bonchev–Trinajstić information content (AvgIpc) is 2.89. The Balaban J connectivity index is 1.81. The largest absolute Gasteiger partial charge is 0.144 e. The molecule has 0 nitrogen and oxygen atoms in total. The Labute approximate surface area is 117 Å². The maximum Gasteiger partial charge on any atom is 0.0267 e. The van der Waals surface area contributed by atoms with Gasteiger partial charge in [-0.1, -0.05) is 70.4 Å². The van der Waals surface area contributed by atoms with Crippen LogP contribution in [-0.2, 0) is 0 Å². The molecule has 1 heteroatoms. The second-order valence-corrected chi connectivity index (χ2v) is 6.01. The SMILES string of the molecule is CCCCCCCCCCC/C=C/c1cccs1. The molecule has 0 amide bonds. The molecule has 0 unspecified atom stereocenters. The lowest BCUT2D eigenvalue weighted by atomic mass is 10.1. The standard InChI is InChI=1S/C17H28S/c1-2-3-4-5-6-7-8-9-10-11-12-14-17-15-13-16-18-17/h12-16H,2-11H2,1H3/b14-12+. The van der Waals surface area contributed by atoms with Crippen LogP contribution in [0.1, 0.15) is 76.0 Å². The summed E-state index contributed by atoms with van der Waals surface area (Å²) in [5, 5.41) is 2.14. The Bertz CT molecular complexity index is 285. The third kappa shape index (κ3) is 8.52. The molecule has 1 aromatic heterocycles. The third-order valence-electron chi connectivity index (χ3n) is 3.30. The monoisotopic (exact) mass is 264 g/mol. The van der Waals surface area contributed by atoms with Crippen molar-refractivity contribution in [1.82, 2.24) is 0 Å². The van der Waals surface area contributed by atoms with Crippen molar-refractivity contribution in [2.45, 2.75) is 71.1 Å². The Hall–Kier alpha value is -0.560. The highest BCUT2D eigenvalue weighted by Crippen LogP contribution is 2.13. The van der Waals surface area contributed by atoms with Crippen LogP contribution in [0.4, 0.5) is 0 Å². The highest BCUT2D eigenvalue weighted by Gasteiger charge is 1.91. The van der Waals surface area contributed by atoms with Crippen LogP contribution >= 0.6 is 11.3 Å². The highest BCUT2D eigenvalue weighted by atomic mass is 32.1. The Kier molecular flexibility index (Phi) is 9.92. The van der Waals surface area contributed by atoms with E-state index >= 15 is 0 Å². The van der Waals surface area contributed by atoms with Crippen LogP contribution in [0.25, 0.3) is 6.08 Å². The third-order valence-corrected chi connectivity index (χ3v) is 4.14. The van der Waals surface area contributed by atoms with Gasteiger partial charge in [-0.25, -0.2) is 0 Å². The lowest BCUT2D eigenvalue weighted by Crippen LogP contribution is -1.80. The minimum Gasteiger partial charge on any atom is -0.144 e. The molecule has 0 saturated carbocycles. The number of rotatable bonds is 11. The highest BCUT2D eigenvalue weighted by molar-refractivity contribution is 7.10. The van der Waals surface area contributed by atoms with E-state index in [1.807, 2.05) is 11.3 Å². The molecule has 0 aliphatic rings. The lowest BCUT2D eigenvalue weighted by Gasteiger charge is -2.00. The quantitative estimate of drug-likeness (QED) is 0.391. The van der Waals surface area contributed by atoms with Crippen molar-refractivity contribution in [2.24, 2.45) is 0 Å². The zero-order chi connectivity index (χ0) is 12.9. The molecule has 0 atom stereocenters. The summed E-state index contributed by atoms with van der Waals surface area (Å²) in [6.45, 7) is 2.28. The van der Waals surface area contributed by atoms with E-state index < -0.39 is 0 Å². The van der Waals surface area contributed by atoms with Crippen molar-refractivity contribution in [3.63, 3.8) is 0 Å². The van der Waals surface area contributed by atoms with Gasteiger partial charge in [0.25, 0.3) is 0 Å². The number of hydrogen-bond acceptors (Lipinski definition) is 1. The smallest absolute Gasteiger partial charge is 0.0267 e. The van der Waals surface area contributed by atoms with Gasteiger partial charge in [0.05, 0.1) is 0 Å². The minimum atomic E-state index is 1.24. The van der Waals surface area contributed by atoms with Gasteiger partial charge < -0.3 is 0 Å². The second-order valence-electron chi connectivity index (χ2n) is 5.03.